The topological polar surface area (TPSA) is 51.2 Å². The van der Waals surface area contributed by atoms with Gasteiger partial charge in [-0.05, 0) is 31.7 Å². The van der Waals surface area contributed by atoms with Crippen LogP contribution in [0.4, 0.5) is 0 Å². The largest absolute Gasteiger partial charge is 0.299 e. The summed E-state index contributed by atoms with van der Waals surface area (Å²) >= 11 is 0. The van der Waals surface area contributed by atoms with Gasteiger partial charge in [0.15, 0.2) is 0 Å². The number of benzene rings is 1. The number of ketones is 1. The molecule has 4 heteroatoms. The Morgan fingerprint density at radius 1 is 1.30 bits per heavy atom. The van der Waals surface area contributed by atoms with Crippen LogP contribution in [-0.2, 0) is 21.1 Å². The Morgan fingerprint density at radius 3 is 2.70 bits per heavy atom. The first-order valence-corrected chi connectivity index (χ1v) is 9.09. The predicted octanol–water partition coefficient (Wildman–Crippen LogP) is 2.71. The molecule has 1 aromatic rings. The third-order valence-corrected chi connectivity index (χ3v) is 5.79. The molecular formula is C16H22O3S. The van der Waals surface area contributed by atoms with Crippen molar-refractivity contribution in [2.75, 3.05) is 6.26 Å². The Bertz CT molecular complexity index is 589. The van der Waals surface area contributed by atoms with Crippen LogP contribution in [0.15, 0.2) is 24.3 Å². The van der Waals surface area contributed by atoms with Crippen LogP contribution in [0, 0.1) is 12.8 Å². The molecule has 0 amide bonds. The predicted molar refractivity (Wildman–Crippen MR) is 80.5 cm³/mol. The van der Waals surface area contributed by atoms with Crippen LogP contribution < -0.4 is 0 Å². The number of Topliss-reactive ketones (excluding diaryl/α,β-unsaturated/α-hetero) is 1. The Kier molecular flexibility index (Phi) is 4.63. The first-order chi connectivity index (χ1) is 9.36. The zero-order valence-corrected chi connectivity index (χ0v) is 12.9. The highest BCUT2D eigenvalue weighted by atomic mass is 32.2. The van der Waals surface area contributed by atoms with Gasteiger partial charge in [0.25, 0.3) is 0 Å². The first-order valence-electron chi connectivity index (χ1n) is 7.13. The molecule has 0 heterocycles. The van der Waals surface area contributed by atoms with Crippen molar-refractivity contribution in [2.45, 2.75) is 44.3 Å². The van der Waals surface area contributed by atoms with Gasteiger partial charge < -0.3 is 0 Å². The molecule has 0 aliphatic heterocycles. The van der Waals surface area contributed by atoms with Crippen LogP contribution in [0.2, 0.25) is 0 Å². The van der Waals surface area contributed by atoms with Crippen LogP contribution in [0.25, 0.3) is 0 Å². The van der Waals surface area contributed by atoms with Gasteiger partial charge in [-0.1, -0.05) is 36.2 Å². The Labute approximate surface area is 121 Å². The van der Waals surface area contributed by atoms with Gasteiger partial charge in [0, 0.05) is 18.6 Å². The molecule has 1 saturated carbocycles. The molecule has 2 unspecified atom stereocenters. The van der Waals surface area contributed by atoms with E-state index in [-0.39, 0.29) is 17.0 Å². The average molecular weight is 294 g/mol. The fourth-order valence-corrected chi connectivity index (χ4v) is 4.17. The molecule has 1 aliphatic rings. The number of rotatable bonds is 4. The smallest absolute Gasteiger partial charge is 0.150 e. The molecule has 110 valence electrons. The summed E-state index contributed by atoms with van der Waals surface area (Å²) in [5.74, 6) is 0.0907. The summed E-state index contributed by atoms with van der Waals surface area (Å²) in [6.07, 6.45) is 4.57. The van der Waals surface area contributed by atoms with Gasteiger partial charge in [-0.25, -0.2) is 8.42 Å². The van der Waals surface area contributed by atoms with Gasteiger partial charge in [0.2, 0.25) is 0 Å². The summed E-state index contributed by atoms with van der Waals surface area (Å²) in [6.45, 7) is 2.01. The van der Waals surface area contributed by atoms with Gasteiger partial charge in [0.05, 0.1) is 5.25 Å². The quantitative estimate of drug-likeness (QED) is 0.858. The van der Waals surface area contributed by atoms with Gasteiger partial charge >= 0.3 is 0 Å². The molecule has 1 fully saturated rings. The van der Waals surface area contributed by atoms with E-state index in [2.05, 4.69) is 0 Å². The van der Waals surface area contributed by atoms with E-state index in [4.69, 9.17) is 0 Å². The number of sulfone groups is 1. The van der Waals surface area contributed by atoms with Gasteiger partial charge in [-0.2, -0.15) is 0 Å². The van der Waals surface area contributed by atoms with Crippen LogP contribution in [0.5, 0.6) is 0 Å². The van der Waals surface area contributed by atoms with Crippen molar-refractivity contribution in [3.8, 4) is 0 Å². The van der Waals surface area contributed by atoms with E-state index in [1.807, 2.05) is 31.2 Å². The second-order valence-corrected chi connectivity index (χ2v) is 8.27. The maximum Gasteiger partial charge on any atom is 0.150 e. The number of hydrogen-bond acceptors (Lipinski definition) is 3. The molecule has 0 N–H and O–H groups in total. The zero-order valence-electron chi connectivity index (χ0n) is 12.1. The first kappa shape index (κ1) is 15.2. The lowest BCUT2D eigenvalue weighted by Crippen LogP contribution is -2.31. The highest BCUT2D eigenvalue weighted by Crippen LogP contribution is 2.29. The lowest BCUT2D eigenvalue weighted by molar-refractivity contribution is -0.123. The monoisotopic (exact) mass is 294 g/mol. The molecule has 3 nitrogen and oxygen atoms in total. The summed E-state index contributed by atoms with van der Waals surface area (Å²) in [5, 5.41) is -0.331. The van der Waals surface area contributed by atoms with Gasteiger partial charge in [-0.3, -0.25) is 4.79 Å². The fourth-order valence-electron chi connectivity index (χ4n) is 2.99. The maximum atomic E-state index is 12.4. The number of carbonyl (C=O) groups excluding carboxylic acids is 1. The van der Waals surface area contributed by atoms with Crippen molar-refractivity contribution in [1.82, 2.24) is 0 Å². The highest BCUT2D eigenvalue weighted by molar-refractivity contribution is 7.91. The third kappa shape index (κ3) is 3.92. The van der Waals surface area contributed by atoms with Crippen LogP contribution in [-0.4, -0.2) is 25.7 Å². The van der Waals surface area contributed by atoms with Crippen LogP contribution in [0.1, 0.15) is 36.8 Å². The van der Waals surface area contributed by atoms with Gasteiger partial charge in [0.1, 0.15) is 15.6 Å². The van der Waals surface area contributed by atoms with Crippen molar-refractivity contribution in [3.63, 3.8) is 0 Å². The average Bonchev–Trinajstić information content (AvgIpc) is 2.38. The van der Waals surface area contributed by atoms with Crippen molar-refractivity contribution < 1.29 is 13.2 Å². The number of aryl methyl sites for hydroxylation is 1. The molecule has 1 aromatic carbocycles. The molecular weight excluding hydrogens is 272 g/mol. The van der Waals surface area contributed by atoms with Crippen LogP contribution >= 0.6 is 0 Å². The van der Waals surface area contributed by atoms with E-state index in [1.54, 1.807) is 0 Å². The SMILES string of the molecule is Cc1cccc(CC(=O)C2CCCC(S(C)(=O)=O)C2)c1. The normalized spacial score (nSPS) is 23.5. The van der Waals surface area contributed by atoms with Crippen molar-refractivity contribution in [2.24, 2.45) is 5.92 Å². The Hall–Kier alpha value is -1.16. The maximum absolute atomic E-state index is 12.4. The lowest BCUT2D eigenvalue weighted by Gasteiger charge is -2.27. The standard InChI is InChI=1S/C16H22O3S/c1-12-5-3-6-13(9-12)10-16(17)14-7-4-8-15(11-14)20(2,18)19/h3,5-6,9,14-15H,4,7-8,10-11H2,1-2H3. The molecule has 0 radical (unpaired) electrons. The van der Waals surface area contributed by atoms with Gasteiger partial charge in [-0.15, -0.1) is 0 Å². The van der Waals surface area contributed by atoms with Crippen LogP contribution in [0.3, 0.4) is 0 Å². The van der Waals surface area contributed by atoms with Crippen molar-refractivity contribution in [1.29, 1.82) is 0 Å². The van der Waals surface area contributed by atoms with E-state index < -0.39 is 9.84 Å². The highest BCUT2D eigenvalue weighted by Gasteiger charge is 2.32. The van der Waals surface area contributed by atoms with E-state index in [0.29, 0.717) is 19.3 Å². The minimum atomic E-state index is -3.02. The molecule has 20 heavy (non-hydrogen) atoms. The van der Waals surface area contributed by atoms with E-state index in [9.17, 15) is 13.2 Å². The molecule has 0 aromatic heterocycles. The second-order valence-electron chi connectivity index (χ2n) is 5.95. The van der Waals surface area contributed by atoms with E-state index in [1.165, 1.54) is 6.26 Å². The Balaban J connectivity index is 2.02. The molecule has 2 rings (SSSR count). The number of carbonyl (C=O) groups is 1. The summed E-state index contributed by atoms with van der Waals surface area (Å²) in [6, 6.07) is 7.95. The summed E-state index contributed by atoms with van der Waals surface area (Å²) < 4.78 is 23.3. The summed E-state index contributed by atoms with van der Waals surface area (Å²) in [5.41, 5.74) is 2.17. The third-order valence-electron chi connectivity index (χ3n) is 4.15. The van der Waals surface area contributed by atoms with Crippen molar-refractivity contribution in [3.05, 3.63) is 35.4 Å². The van der Waals surface area contributed by atoms with E-state index in [0.717, 1.165) is 24.0 Å². The molecule has 1 aliphatic carbocycles. The van der Waals surface area contributed by atoms with E-state index >= 15 is 0 Å². The lowest BCUT2D eigenvalue weighted by atomic mass is 9.84. The second kappa shape index (κ2) is 6.08. The Morgan fingerprint density at radius 2 is 2.05 bits per heavy atom. The minimum Gasteiger partial charge on any atom is -0.299 e. The zero-order chi connectivity index (χ0) is 14.8. The molecule has 2 atom stereocenters. The summed E-state index contributed by atoms with van der Waals surface area (Å²) in [7, 11) is -3.02. The minimum absolute atomic E-state index is 0.0935. The number of hydrogen-bond donors (Lipinski definition) is 0. The van der Waals surface area contributed by atoms with Crippen molar-refractivity contribution >= 4 is 15.6 Å². The molecule has 0 spiro atoms. The fraction of sp³-hybridized carbons (Fsp3) is 0.562. The molecule has 0 saturated heterocycles. The molecule has 0 bridgehead atoms. The summed E-state index contributed by atoms with van der Waals surface area (Å²) in [4.78, 5) is 12.4.